The van der Waals surface area contributed by atoms with Crippen molar-refractivity contribution >= 4 is 17.2 Å². The average molecular weight is 293 g/mol. The zero-order valence-corrected chi connectivity index (χ0v) is 11.9. The second kappa shape index (κ2) is 6.58. The maximum atomic E-state index is 12.8. The number of thiazole rings is 1. The van der Waals surface area contributed by atoms with E-state index in [0.717, 1.165) is 12.0 Å². The number of carbonyl (C=O) groups is 1. The molecular weight excluding hydrogens is 277 g/mol. The van der Waals surface area contributed by atoms with Crippen LogP contribution in [0.2, 0.25) is 0 Å². The first-order valence-electron chi connectivity index (χ1n) is 6.31. The molecule has 1 aromatic heterocycles. The van der Waals surface area contributed by atoms with Crippen molar-refractivity contribution in [3.63, 3.8) is 0 Å². The van der Waals surface area contributed by atoms with Crippen LogP contribution in [0.3, 0.4) is 0 Å². The first-order valence-corrected chi connectivity index (χ1v) is 7.19. The summed E-state index contributed by atoms with van der Waals surface area (Å²) in [5.74, 6) is -0.505. The highest BCUT2D eigenvalue weighted by Gasteiger charge is 2.11. The van der Waals surface area contributed by atoms with Crippen molar-refractivity contribution in [1.29, 1.82) is 0 Å². The average Bonchev–Trinajstić information content (AvgIpc) is 2.88. The van der Waals surface area contributed by atoms with E-state index in [0.29, 0.717) is 17.2 Å². The summed E-state index contributed by atoms with van der Waals surface area (Å²) in [6.45, 7) is 2.42. The van der Waals surface area contributed by atoms with Gasteiger partial charge in [0.25, 0.3) is 5.91 Å². The maximum Gasteiger partial charge on any atom is 0.270 e. The number of amides is 1. The molecule has 0 aliphatic heterocycles. The Morgan fingerprint density at radius 1 is 1.45 bits per heavy atom. The molecule has 1 aromatic carbocycles. The fourth-order valence-electron chi connectivity index (χ4n) is 1.61. The van der Waals surface area contributed by atoms with Crippen molar-refractivity contribution in [2.24, 2.45) is 5.73 Å². The molecular formula is C14H16FN3OS. The molecule has 106 valence electrons. The third-order valence-electron chi connectivity index (χ3n) is 2.71. The lowest BCUT2D eigenvalue weighted by Gasteiger charge is -2.05. The number of carbonyl (C=O) groups excluding carboxylic acids is 1. The van der Waals surface area contributed by atoms with Crippen molar-refractivity contribution in [2.45, 2.75) is 19.4 Å². The summed E-state index contributed by atoms with van der Waals surface area (Å²) in [7, 11) is 0. The van der Waals surface area contributed by atoms with Gasteiger partial charge in [-0.1, -0.05) is 0 Å². The lowest BCUT2D eigenvalue weighted by atomic mass is 10.2. The van der Waals surface area contributed by atoms with Gasteiger partial charge in [0.15, 0.2) is 0 Å². The largest absolute Gasteiger partial charge is 0.351 e. The van der Waals surface area contributed by atoms with Crippen LogP contribution in [0.15, 0.2) is 29.6 Å². The molecule has 0 aliphatic carbocycles. The number of rotatable bonds is 5. The molecule has 6 heteroatoms. The summed E-state index contributed by atoms with van der Waals surface area (Å²) in [6.07, 6.45) is 0.723. The van der Waals surface area contributed by atoms with Crippen molar-refractivity contribution in [1.82, 2.24) is 10.3 Å². The summed E-state index contributed by atoms with van der Waals surface area (Å²) in [4.78, 5) is 16.1. The molecule has 0 spiro atoms. The van der Waals surface area contributed by atoms with E-state index in [1.807, 2.05) is 6.92 Å². The van der Waals surface area contributed by atoms with Crippen molar-refractivity contribution in [2.75, 3.05) is 6.54 Å². The highest BCUT2D eigenvalue weighted by Crippen LogP contribution is 2.23. The lowest BCUT2D eigenvalue weighted by molar-refractivity contribution is 0.0948. The summed E-state index contributed by atoms with van der Waals surface area (Å²) < 4.78 is 12.8. The van der Waals surface area contributed by atoms with Crippen LogP contribution in [0, 0.1) is 5.82 Å². The van der Waals surface area contributed by atoms with Gasteiger partial charge in [-0.05, 0) is 37.6 Å². The predicted molar refractivity (Wildman–Crippen MR) is 78.1 cm³/mol. The Morgan fingerprint density at radius 2 is 2.15 bits per heavy atom. The Morgan fingerprint density at radius 3 is 2.80 bits per heavy atom. The van der Waals surface area contributed by atoms with Gasteiger partial charge in [0, 0.05) is 23.5 Å². The minimum absolute atomic E-state index is 0.0560. The number of hydrogen-bond donors (Lipinski definition) is 2. The van der Waals surface area contributed by atoms with E-state index < -0.39 is 0 Å². The fourth-order valence-corrected chi connectivity index (χ4v) is 2.41. The van der Waals surface area contributed by atoms with E-state index in [9.17, 15) is 9.18 Å². The Balaban J connectivity index is 2.01. The third-order valence-corrected chi connectivity index (χ3v) is 3.60. The number of nitrogens with two attached hydrogens (primary N) is 1. The van der Waals surface area contributed by atoms with Crippen molar-refractivity contribution in [3.05, 3.63) is 41.2 Å². The van der Waals surface area contributed by atoms with Gasteiger partial charge in [-0.15, -0.1) is 11.3 Å². The van der Waals surface area contributed by atoms with Crippen molar-refractivity contribution < 1.29 is 9.18 Å². The van der Waals surface area contributed by atoms with E-state index in [1.165, 1.54) is 23.5 Å². The normalized spacial score (nSPS) is 12.2. The van der Waals surface area contributed by atoms with Crippen LogP contribution in [0.1, 0.15) is 23.8 Å². The molecule has 1 heterocycles. The molecule has 1 unspecified atom stereocenters. The molecule has 0 bridgehead atoms. The number of nitrogens with zero attached hydrogens (tertiary/aromatic N) is 1. The van der Waals surface area contributed by atoms with E-state index in [1.54, 1.807) is 17.5 Å². The first-order chi connectivity index (χ1) is 9.56. The molecule has 0 radical (unpaired) electrons. The monoisotopic (exact) mass is 293 g/mol. The van der Waals surface area contributed by atoms with Crippen LogP contribution in [-0.2, 0) is 0 Å². The first kappa shape index (κ1) is 14.6. The molecule has 0 fully saturated rings. The zero-order chi connectivity index (χ0) is 14.5. The number of nitrogens with one attached hydrogen (secondary N) is 1. The van der Waals surface area contributed by atoms with Gasteiger partial charge in [0.05, 0.1) is 0 Å². The minimum Gasteiger partial charge on any atom is -0.351 e. The van der Waals surface area contributed by atoms with Crippen LogP contribution in [-0.4, -0.2) is 23.5 Å². The highest BCUT2D eigenvalue weighted by atomic mass is 32.1. The summed E-state index contributed by atoms with van der Waals surface area (Å²) in [5, 5.41) is 5.16. The van der Waals surface area contributed by atoms with E-state index in [-0.39, 0.29) is 17.8 Å². The van der Waals surface area contributed by atoms with Gasteiger partial charge in [-0.25, -0.2) is 9.37 Å². The quantitative estimate of drug-likeness (QED) is 0.889. The predicted octanol–water partition coefficient (Wildman–Crippen LogP) is 2.42. The number of halogens is 1. The molecule has 2 aromatic rings. The molecule has 0 aliphatic rings. The SMILES string of the molecule is CC(N)CCNC(=O)c1csc(-c2ccc(F)cc2)n1. The van der Waals surface area contributed by atoms with E-state index in [4.69, 9.17) is 5.73 Å². The van der Waals surface area contributed by atoms with Crippen LogP contribution < -0.4 is 11.1 Å². The summed E-state index contributed by atoms with van der Waals surface area (Å²) >= 11 is 1.36. The zero-order valence-electron chi connectivity index (χ0n) is 11.1. The lowest BCUT2D eigenvalue weighted by Crippen LogP contribution is -2.29. The molecule has 0 saturated carbocycles. The van der Waals surface area contributed by atoms with Crippen LogP contribution in [0.4, 0.5) is 4.39 Å². The maximum absolute atomic E-state index is 12.8. The molecule has 20 heavy (non-hydrogen) atoms. The van der Waals surface area contributed by atoms with Crippen LogP contribution >= 0.6 is 11.3 Å². The molecule has 0 saturated heterocycles. The van der Waals surface area contributed by atoms with Gasteiger partial charge in [0.1, 0.15) is 16.5 Å². The van der Waals surface area contributed by atoms with Crippen LogP contribution in [0.25, 0.3) is 10.6 Å². The second-order valence-electron chi connectivity index (χ2n) is 4.57. The topological polar surface area (TPSA) is 68.0 Å². The van der Waals surface area contributed by atoms with Crippen molar-refractivity contribution in [3.8, 4) is 10.6 Å². The fraction of sp³-hybridized carbons (Fsp3) is 0.286. The number of benzene rings is 1. The smallest absolute Gasteiger partial charge is 0.270 e. The molecule has 4 nitrogen and oxygen atoms in total. The van der Waals surface area contributed by atoms with Gasteiger partial charge in [-0.3, -0.25) is 4.79 Å². The van der Waals surface area contributed by atoms with E-state index >= 15 is 0 Å². The van der Waals surface area contributed by atoms with Gasteiger partial charge in [0.2, 0.25) is 0 Å². The second-order valence-corrected chi connectivity index (χ2v) is 5.42. The minimum atomic E-state index is -0.292. The van der Waals surface area contributed by atoms with Gasteiger partial charge >= 0.3 is 0 Å². The Hall–Kier alpha value is -1.79. The molecule has 2 rings (SSSR count). The van der Waals surface area contributed by atoms with Gasteiger partial charge < -0.3 is 11.1 Å². The third kappa shape index (κ3) is 3.85. The highest BCUT2D eigenvalue weighted by molar-refractivity contribution is 7.13. The molecule has 1 amide bonds. The Labute approximate surface area is 120 Å². The number of aromatic nitrogens is 1. The van der Waals surface area contributed by atoms with Gasteiger partial charge in [-0.2, -0.15) is 0 Å². The molecule has 1 atom stereocenters. The summed E-state index contributed by atoms with van der Waals surface area (Å²) in [5.41, 5.74) is 6.79. The standard InChI is InChI=1S/C14H16FN3OS/c1-9(16)6-7-17-13(19)12-8-20-14(18-12)10-2-4-11(15)5-3-10/h2-5,8-9H,6-7,16H2,1H3,(H,17,19). The Bertz CT molecular complexity index is 580. The Kier molecular flexibility index (Phi) is 4.81. The van der Waals surface area contributed by atoms with Crippen LogP contribution in [0.5, 0.6) is 0 Å². The molecule has 3 N–H and O–H groups in total. The number of hydrogen-bond acceptors (Lipinski definition) is 4. The van der Waals surface area contributed by atoms with E-state index in [2.05, 4.69) is 10.3 Å². The summed E-state index contributed by atoms with van der Waals surface area (Å²) in [6, 6.07) is 6.09.